The van der Waals surface area contributed by atoms with Crippen LogP contribution in [-0.4, -0.2) is 29.1 Å². The Morgan fingerprint density at radius 1 is 1.31 bits per heavy atom. The van der Waals surface area contributed by atoms with Crippen LogP contribution in [0.4, 0.5) is 0 Å². The third-order valence-electron chi connectivity index (χ3n) is 2.40. The highest BCUT2D eigenvalue weighted by atomic mass is 16.3. The molecule has 0 fully saturated rings. The van der Waals surface area contributed by atoms with Gasteiger partial charge in [-0.1, -0.05) is 20.8 Å². The molecule has 90 valence electrons. The van der Waals surface area contributed by atoms with Crippen LogP contribution in [0, 0.1) is 6.92 Å². The topological polar surface area (TPSA) is 36.4 Å². The molecule has 0 saturated heterocycles. The van der Waals surface area contributed by atoms with Gasteiger partial charge in [0.2, 0.25) is 0 Å². The summed E-state index contributed by atoms with van der Waals surface area (Å²) in [6.07, 6.45) is 0. The number of nitrogens with zero attached hydrogens (tertiary/aromatic N) is 2. The van der Waals surface area contributed by atoms with Crippen molar-refractivity contribution in [3.63, 3.8) is 0 Å². The second kappa shape index (κ2) is 4.42. The van der Waals surface area contributed by atoms with Crippen molar-refractivity contribution in [1.29, 1.82) is 0 Å². The summed E-state index contributed by atoms with van der Waals surface area (Å²) < 4.78 is 0. The lowest BCUT2D eigenvalue weighted by Gasteiger charge is -2.22. The van der Waals surface area contributed by atoms with Crippen LogP contribution in [0.15, 0.2) is 6.07 Å². The molecule has 0 aliphatic carbocycles. The van der Waals surface area contributed by atoms with Crippen LogP contribution in [-0.2, 0) is 12.0 Å². The van der Waals surface area contributed by atoms with E-state index in [1.807, 2.05) is 32.0 Å². The predicted octanol–water partition coefficient (Wildman–Crippen LogP) is 2.45. The maximum absolute atomic E-state index is 10.2. The first kappa shape index (κ1) is 13.0. The maximum Gasteiger partial charge on any atom is 0.142 e. The third kappa shape index (κ3) is 2.95. The molecule has 3 heteroatoms. The van der Waals surface area contributed by atoms with Crippen molar-refractivity contribution in [3.05, 3.63) is 23.0 Å². The summed E-state index contributed by atoms with van der Waals surface area (Å²) in [4.78, 5) is 6.49. The largest absolute Gasteiger partial charge is 0.506 e. The van der Waals surface area contributed by atoms with E-state index in [-0.39, 0.29) is 5.41 Å². The molecular weight excluding hydrogens is 200 g/mol. The quantitative estimate of drug-likeness (QED) is 0.835. The molecule has 1 rings (SSSR count). The Labute approximate surface area is 98.1 Å². The molecule has 0 bridgehead atoms. The smallest absolute Gasteiger partial charge is 0.142 e. The number of hydrogen-bond donors (Lipinski definition) is 1. The van der Waals surface area contributed by atoms with Gasteiger partial charge in [-0.2, -0.15) is 0 Å². The van der Waals surface area contributed by atoms with Crippen molar-refractivity contribution >= 4 is 0 Å². The van der Waals surface area contributed by atoms with Crippen LogP contribution in [0.1, 0.15) is 37.7 Å². The Morgan fingerprint density at radius 2 is 1.88 bits per heavy atom. The minimum atomic E-state index is -0.128. The molecule has 0 aromatic carbocycles. The SMILES string of the molecule is Cc1cc(CN(C)C)c(O)c(C(C)(C)C)n1. The van der Waals surface area contributed by atoms with Crippen molar-refractivity contribution < 1.29 is 5.11 Å². The summed E-state index contributed by atoms with van der Waals surface area (Å²) in [5.41, 5.74) is 2.56. The van der Waals surface area contributed by atoms with E-state index in [1.54, 1.807) is 0 Å². The van der Waals surface area contributed by atoms with Gasteiger partial charge in [-0.3, -0.25) is 4.98 Å². The highest BCUT2D eigenvalue weighted by Gasteiger charge is 2.22. The fraction of sp³-hybridized carbons (Fsp3) is 0.615. The zero-order chi connectivity index (χ0) is 12.5. The van der Waals surface area contributed by atoms with Gasteiger partial charge in [-0.25, -0.2) is 0 Å². The molecule has 3 nitrogen and oxygen atoms in total. The summed E-state index contributed by atoms with van der Waals surface area (Å²) in [5.74, 6) is 0.340. The number of aryl methyl sites for hydroxylation is 1. The van der Waals surface area contributed by atoms with E-state index in [1.165, 1.54) is 0 Å². The molecule has 1 aromatic rings. The molecule has 1 N–H and O–H groups in total. The molecule has 1 aromatic heterocycles. The normalized spacial score (nSPS) is 12.2. The Bertz CT molecular complexity index is 378. The maximum atomic E-state index is 10.2. The van der Waals surface area contributed by atoms with Gasteiger partial charge < -0.3 is 10.0 Å². The zero-order valence-corrected chi connectivity index (χ0v) is 11.1. The minimum absolute atomic E-state index is 0.128. The van der Waals surface area contributed by atoms with Gasteiger partial charge in [0.1, 0.15) is 5.75 Å². The third-order valence-corrected chi connectivity index (χ3v) is 2.40. The van der Waals surface area contributed by atoms with Gasteiger partial charge in [0, 0.05) is 23.2 Å². The van der Waals surface area contributed by atoms with Crippen molar-refractivity contribution in [2.45, 2.75) is 39.7 Å². The van der Waals surface area contributed by atoms with Crippen LogP contribution in [0.5, 0.6) is 5.75 Å². The van der Waals surface area contributed by atoms with Crippen LogP contribution >= 0.6 is 0 Å². The van der Waals surface area contributed by atoms with E-state index in [0.717, 1.165) is 23.5 Å². The summed E-state index contributed by atoms with van der Waals surface area (Å²) in [7, 11) is 3.98. The van der Waals surface area contributed by atoms with Crippen LogP contribution in [0.25, 0.3) is 0 Å². The minimum Gasteiger partial charge on any atom is -0.506 e. The van der Waals surface area contributed by atoms with Crippen molar-refractivity contribution in [2.24, 2.45) is 0 Å². The van der Waals surface area contributed by atoms with Gasteiger partial charge in [0.05, 0.1) is 5.69 Å². The standard InChI is InChI=1S/C13H22N2O/c1-9-7-10(8-15(5)6)11(16)12(14-9)13(2,3)4/h7,16H,8H2,1-6H3. The number of pyridine rings is 1. The lowest BCUT2D eigenvalue weighted by Crippen LogP contribution is -2.17. The second-order valence-corrected chi connectivity index (χ2v) is 5.61. The number of rotatable bonds is 2. The zero-order valence-electron chi connectivity index (χ0n) is 11.1. The highest BCUT2D eigenvalue weighted by molar-refractivity contribution is 5.40. The second-order valence-electron chi connectivity index (χ2n) is 5.61. The molecule has 0 saturated carbocycles. The van der Waals surface area contributed by atoms with E-state index in [2.05, 4.69) is 25.8 Å². The van der Waals surface area contributed by atoms with E-state index in [0.29, 0.717) is 5.75 Å². The fourth-order valence-corrected chi connectivity index (χ4v) is 1.72. The van der Waals surface area contributed by atoms with Gasteiger partial charge >= 0.3 is 0 Å². The Morgan fingerprint density at radius 3 is 2.31 bits per heavy atom. The van der Waals surface area contributed by atoms with E-state index < -0.39 is 0 Å². The molecule has 0 spiro atoms. The molecule has 1 heterocycles. The van der Waals surface area contributed by atoms with Crippen molar-refractivity contribution in [1.82, 2.24) is 9.88 Å². The van der Waals surface area contributed by atoms with Crippen LogP contribution in [0.3, 0.4) is 0 Å². The lowest BCUT2D eigenvalue weighted by atomic mass is 9.89. The summed E-state index contributed by atoms with van der Waals surface area (Å²) in [6, 6.07) is 1.95. The Kier molecular flexibility index (Phi) is 3.58. The Balaban J connectivity index is 3.26. The Hall–Kier alpha value is -1.09. The fourth-order valence-electron chi connectivity index (χ4n) is 1.72. The van der Waals surface area contributed by atoms with Gasteiger partial charge in [-0.15, -0.1) is 0 Å². The molecule has 0 radical (unpaired) electrons. The molecular formula is C13H22N2O. The summed E-state index contributed by atoms with van der Waals surface area (Å²) >= 11 is 0. The number of aromatic hydroxyl groups is 1. The van der Waals surface area contributed by atoms with Crippen LogP contribution < -0.4 is 0 Å². The average Bonchev–Trinajstić information content (AvgIpc) is 2.07. The molecule has 16 heavy (non-hydrogen) atoms. The van der Waals surface area contributed by atoms with E-state index in [4.69, 9.17) is 0 Å². The highest BCUT2D eigenvalue weighted by Crippen LogP contribution is 2.32. The van der Waals surface area contributed by atoms with E-state index in [9.17, 15) is 5.11 Å². The average molecular weight is 222 g/mol. The van der Waals surface area contributed by atoms with Crippen LogP contribution in [0.2, 0.25) is 0 Å². The molecule has 0 unspecified atom stereocenters. The first-order chi connectivity index (χ1) is 7.21. The van der Waals surface area contributed by atoms with Crippen molar-refractivity contribution in [2.75, 3.05) is 14.1 Å². The predicted molar refractivity (Wildman–Crippen MR) is 66.7 cm³/mol. The lowest BCUT2D eigenvalue weighted by molar-refractivity contribution is 0.377. The number of aromatic nitrogens is 1. The first-order valence-electron chi connectivity index (χ1n) is 5.56. The van der Waals surface area contributed by atoms with Gasteiger partial charge in [0.15, 0.2) is 0 Å². The first-order valence-corrected chi connectivity index (χ1v) is 5.56. The molecule has 0 amide bonds. The van der Waals surface area contributed by atoms with Gasteiger partial charge in [-0.05, 0) is 27.1 Å². The van der Waals surface area contributed by atoms with Crippen molar-refractivity contribution in [3.8, 4) is 5.75 Å². The monoisotopic (exact) mass is 222 g/mol. The number of hydrogen-bond acceptors (Lipinski definition) is 3. The summed E-state index contributed by atoms with van der Waals surface area (Å²) in [6.45, 7) is 8.89. The molecule has 0 aliphatic rings. The summed E-state index contributed by atoms with van der Waals surface area (Å²) in [5, 5.41) is 10.2. The van der Waals surface area contributed by atoms with Gasteiger partial charge in [0.25, 0.3) is 0 Å². The molecule has 0 atom stereocenters. The molecule has 0 aliphatic heterocycles. The van der Waals surface area contributed by atoms with E-state index >= 15 is 0 Å².